The topological polar surface area (TPSA) is 87.7 Å². The molecule has 1 aromatic heterocycles. The van der Waals surface area contributed by atoms with E-state index in [2.05, 4.69) is 10.2 Å². The van der Waals surface area contributed by atoms with Crippen molar-refractivity contribution in [2.24, 2.45) is 0 Å². The molecule has 3 rings (SSSR count). The van der Waals surface area contributed by atoms with Crippen LogP contribution in [0.3, 0.4) is 0 Å². The molecule has 1 fully saturated rings. The number of amides is 1. The third kappa shape index (κ3) is 5.15. The zero-order chi connectivity index (χ0) is 19.9. The number of carbonyl (C=O) groups is 1. The summed E-state index contributed by atoms with van der Waals surface area (Å²) < 4.78 is 16.7. The van der Waals surface area contributed by atoms with Crippen LogP contribution in [0.2, 0.25) is 0 Å². The first-order valence-electron chi connectivity index (χ1n) is 9.17. The smallest absolute Gasteiger partial charge is 0.266 e. The van der Waals surface area contributed by atoms with Crippen molar-refractivity contribution >= 4 is 23.6 Å². The summed E-state index contributed by atoms with van der Waals surface area (Å²) in [6, 6.07) is 12.6. The lowest BCUT2D eigenvalue weighted by molar-refractivity contribution is -0.112. The van der Waals surface area contributed by atoms with E-state index in [4.69, 9.17) is 13.9 Å². The number of rotatable bonds is 6. The summed E-state index contributed by atoms with van der Waals surface area (Å²) in [6.45, 7) is 6.65. The maximum absolute atomic E-state index is 12.5. The Morgan fingerprint density at radius 1 is 1.29 bits per heavy atom. The van der Waals surface area contributed by atoms with Crippen LogP contribution in [0.4, 0.5) is 11.6 Å². The summed E-state index contributed by atoms with van der Waals surface area (Å²) in [5.74, 6) is 1.29. The number of benzene rings is 1. The molecule has 28 heavy (non-hydrogen) atoms. The molecular formula is C21H23N3O4. The van der Waals surface area contributed by atoms with Crippen LogP contribution in [0, 0.1) is 11.3 Å². The van der Waals surface area contributed by atoms with Crippen LogP contribution in [0.1, 0.15) is 19.6 Å². The third-order valence-electron chi connectivity index (χ3n) is 4.05. The van der Waals surface area contributed by atoms with E-state index in [-0.39, 0.29) is 11.7 Å². The van der Waals surface area contributed by atoms with Gasteiger partial charge in [0, 0.05) is 37.0 Å². The average molecular weight is 381 g/mol. The molecule has 0 radical (unpaired) electrons. The van der Waals surface area contributed by atoms with Crippen LogP contribution >= 0.6 is 0 Å². The van der Waals surface area contributed by atoms with Crippen molar-refractivity contribution in [3.8, 4) is 11.8 Å². The van der Waals surface area contributed by atoms with Gasteiger partial charge in [-0.25, -0.2) is 0 Å². The van der Waals surface area contributed by atoms with Gasteiger partial charge in [-0.3, -0.25) is 4.79 Å². The van der Waals surface area contributed by atoms with Gasteiger partial charge in [-0.2, -0.15) is 5.26 Å². The fourth-order valence-corrected chi connectivity index (χ4v) is 2.78. The summed E-state index contributed by atoms with van der Waals surface area (Å²) in [4.78, 5) is 14.5. The molecule has 1 aliphatic rings. The SMILES string of the molecule is CC(C)Oc1cccc(NC(=O)/C(C#N)=C\c2ccc(N3CCOCC3)o2)c1. The van der Waals surface area contributed by atoms with Crippen LogP contribution in [0.25, 0.3) is 6.08 Å². The van der Waals surface area contributed by atoms with Gasteiger partial charge < -0.3 is 24.1 Å². The molecule has 7 nitrogen and oxygen atoms in total. The zero-order valence-corrected chi connectivity index (χ0v) is 16.0. The lowest BCUT2D eigenvalue weighted by Crippen LogP contribution is -2.35. The Morgan fingerprint density at radius 3 is 2.79 bits per heavy atom. The van der Waals surface area contributed by atoms with Gasteiger partial charge in [-0.05, 0) is 32.0 Å². The molecule has 1 amide bonds. The molecule has 0 saturated carbocycles. The molecule has 146 valence electrons. The lowest BCUT2D eigenvalue weighted by atomic mass is 10.2. The van der Waals surface area contributed by atoms with Crippen LogP contribution < -0.4 is 15.0 Å². The van der Waals surface area contributed by atoms with Crippen molar-refractivity contribution in [1.29, 1.82) is 5.26 Å². The molecule has 0 spiro atoms. The summed E-state index contributed by atoms with van der Waals surface area (Å²) in [6.07, 6.45) is 1.47. The average Bonchev–Trinajstić information content (AvgIpc) is 3.15. The van der Waals surface area contributed by atoms with Gasteiger partial charge in [0.15, 0.2) is 5.88 Å². The molecular weight excluding hydrogens is 358 g/mol. The molecule has 0 atom stereocenters. The standard InChI is InChI=1S/C21H23N3O4/c1-15(2)27-18-5-3-4-17(13-18)23-21(25)16(14-22)12-19-6-7-20(28-19)24-8-10-26-11-9-24/h3-7,12-13,15H,8-11H2,1-2H3,(H,23,25)/b16-12-. The fourth-order valence-electron chi connectivity index (χ4n) is 2.78. The highest BCUT2D eigenvalue weighted by Crippen LogP contribution is 2.22. The maximum Gasteiger partial charge on any atom is 0.266 e. The first kappa shape index (κ1) is 19.5. The number of anilines is 2. The van der Waals surface area contributed by atoms with Crippen molar-refractivity contribution in [2.75, 3.05) is 36.5 Å². The molecule has 1 aromatic carbocycles. The molecule has 2 heterocycles. The van der Waals surface area contributed by atoms with Crippen molar-refractivity contribution in [3.63, 3.8) is 0 Å². The van der Waals surface area contributed by atoms with Crippen molar-refractivity contribution < 1.29 is 18.7 Å². The Bertz CT molecular complexity index is 889. The second-order valence-electron chi connectivity index (χ2n) is 6.59. The minimum atomic E-state index is -0.506. The summed E-state index contributed by atoms with van der Waals surface area (Å²) >= 11 is 0. The number of carbonyl (C=O) groups excluding carboxylic acids is 1. The van der Waals surface area contributed by atoms with Gasteiger partial charge in [-0.15, -0.1) is 0 Å². The molecule has 1 aliphatic heterocycles. The van der Waals surface area contributed by atoms with Crippen molar-refractivity contribution in [2.45, 2.75) is 20.0 Å². The van der Waals surface area contributed by atoms with Gasteiger partial charge >= 0.3 is 0 Å². The predicted molar refractivity (Wildman–Crippen MR) is 106 cm³/mol. The minimum absolute atomic E-state index is 0.0279. The summed E-state index contributed by atoms with van der Waals surface area (Å²) in [7, 11) is 0. The van der Waals surface area contributed by atoms with Crippen LogP contribution in [-0.2, 0) is 9.53 Å². The quantitative estimate of drug-likeness (QED) is 0.609. The molecule has 0 aliphatic carbocycles. The van der Waals surface area contributed by atoms with E-state index in [9.17, 15) is 10.1 Å². The number of morpholine rings is 1. The minimum Gasteiger partial charge on any atom is -0.491 e. The van der Waals surface area contributed by atoms with Gasteiger partial charge in [0.25, 0.3) is 5.91 Å². The van der Waals surface area contributed by atoms with Crippen LogP contribution in [0.15, 0.2) is 46.4 Å². The summed E-state index contributed by atoms with van der Waals surface area (Å²) in [5, 5.41) is 12.1. The van der Waals surface area contributed by atoms with E-state index < -0.39 is 5.91 Å². The van der Waals surface area contributed by atoms with Gasteiger partial charge in [-0.1, -0.05) is 6.07 Å². The fraction of sp³-hybridized carbons (Fsp3) is 0.333. The van der Waals surface area contributed by atoms with E-state index in [0.717, 1.165) is 13.1 Å². The highest BCUT2D eigenvalue weighted by molar-refractivity contribution is 6.09. The van der Waals surface area contributed by atoms with E-state index in [1.54, 1.807) is 24.3 Å². The Labute approximate surface area is 164 Å². The summed E-state index contributed by atoms with van der Waals surface area (Å²) in [5.41, 5.74) is 0.510. The molecule has 2 aromatic rings. The lowest BCUT2D eigenvalue weighted by Gasteiger charge is -2.26. The van der Waals surface area contributed by atoms with Crippen LogP contribution in [-0.4, -0.2) is 38.3 Å². The Kier molecular flexibility index (Phi) is 6.35. The molecule has 0 unspecified atom stereocenters. The van der Waals surface area contributed by atoms with E-state index in [1.807, 2.05) is 32.0 Å². The predicted octanol–water partition coefficient (Wildman–Crippen LogP) is 3.45. The van der Waals surface area contributed by atoms with E-state index >= 15 is 0 Å². The highest BCUT2D eigenvalue weighted by atomic mass is 16.5. The first-order valence-corrected chi connectivity index (χ1v) is 9.17. The van der Waals surface area contributed by atoms with Gasteiger partial charge in [0.05, 0.1) is 19.3 Å². The Hall–Kier alpha value is -3.24. The molecule has 1 N–H and O–H groups in total. The molecule has 1 saturated heterocycles. The molecule has 0 bridgehead atoms. The normalized spacial score (nSPS) is 14.6. The number of hydrogen-bond acceptors (Lipinski definition) is 6. The third-order valence-corrected chi connectivity index (χ3v) is 4.05. The maximum atomic E-state index is 12.5. The number of furan rings is 1. The Balaban J connectivity index is 1.70. The second kappa shape index (κ2) is 9.11. The number of hydrogen-bond donors (Lipinski definition) is 1. The first-order chi connectivity index (χ1) is 13.5. The molecule has 7 heteroatoms. The Morgan fingerprint density at radius 2 is 2.07 bits per heavy atom. The van der Waals surface area contributed by atoms with Crippen molar-refractivity contribution in [3.05, 3.63) is 47.7 Å². The number of nitriles is 1. The number of ether oxygens (including phenoxy) is 2. The second-order valence-corrected chi connectivity index (χ2v) is 6.59. The monoisotopic (exact) mass is 381 g/mol. The highest BCUT2D eigenvalue weighted by Gasteiger charge is 2.16. The van der Waals surface area contributed by atoms with Crippen LogP contribution in [0.5, 0.6) is 5.75 Å². The van der Waals surface area contributed by atoms with Crippen molar-refractivity contribution in [1.82, 2.24) is 0 Å². The van der Waals surface area contributed by atoms with E-state index in [1.165, 1.54) is 6.08 Å². The van der Waals surface area contributed by atoms with Gasteiger partial charge in [0.1, 0.15) is 23.2 Å². The number of nitrogens with one attached hydrogen (secondary N) is 1. The van der Waals surface area contributed by atoms with Gasteiger partial charge in [0.2, 0.25) is 0 Å². The largest absolute Gasteiger partial charge is 0.491 e. The number of nitrogens with zero attached hydrogens (tertiary/aromatic N) is 2. The zero-order valence-electron chi connectivity index (χ0n) is 16.0. The van der Waals surface area contributed by atoms with E-state index in [0.29, 0.717) is 36.3 Å².